The van der Waals surface area contributed by atoms with Crippen molar-refractivity contribution in [3.63, 3.8) is 0 Å². The third-order valence-corrected chi connectivity index (χ3v) is 6.78. The summed E-state index contributed by atoms with van der Waals surface area (Å²) in [6, 6.07) is 17.6. The largest absolute Gasteiger partial charge is 0.278 e. The van der Waals surface area contributed by atoms with Crippen LogP contribution in [0.4, 0.5) is 0 Å². The molecule has 162 valence electrons. The van der Waals surface area contributed by atoms with Crippen LogP contribution < -0.4 is 0 Å². The van der Waals surface area contributed by atoms with Crippen LogP contribution in [0.5, 0.6) is 0 Å². The van der Waals surface area contributed by atoms with E-state index in [2.05, 4.69) is 41.5 Å². The van der Waals surface area contributed by atoms with Crippen molar-refractivity contribution in [1.29, 1.82) is 0 Å². The Hall–Kier alpha value is -3.20. The molecule has 0 fully saturated rings. The Kier molecular flexibility index (Phi) is 4.94. The molecule has 0 aliphatic heterocycles. The summed E-state index contributed by atoms with van der Waals surface area (Å²) in [4.78, 5) is 0. The summed E-state index contributed by atoms with van der Waals surface area (Å²) in [5, 5.41) is 22.5. The van der Waals surface area contributed by atoms with Gasteiger partial charge in [-0.3, -0.25) is 9.78 Å². The van der Waals surface area contributed by atoms with Crippen LogP contribution in [0.3, 0.4) is 0 Å². The molecule has 1 N–H and O–H groups in total. The molecule has 0 spiro atoms. The van der Waals surface area contributed by atoms with E-state index in [9.17, 15) is 0 Å². The molecular formula is C23H14BrCl2N7. The number of fused-ring (bicyclic) bond motifs is 2. The molecule has 6 rings (SSSR count). The summed E-state index contributed by atoms with van der Waals surface area (Å²) in [5.41, 5.74) is 6.13. The van der Waals surface area contributed by atoms with Crippen molar-refractivity contribution in [2.75, 3.05) is 0 Å². The first kappa shape index (κ1) is 20.4. The molecule has 0 aliphatic carbocycles. The van der Waals surface area contributed by atoms with Gasteiger partial charge in [0, 0.05) is 26.6 Å². The van der Waals surface area contributed by atoms with Crippen LogP contribution in [0.2, 0.25) is 10.0 Å². The number of hydrogen-bond acceptors (Lipinski definition) is 4. The van der Waals surface area contributed by atoms with E-state index in [4.69, 9.17) is 23.2 Å². The van der Waals surface area contributed by atoms with Crippen molar-refractivity contribution >= 4 is 61.1 Å². The first-order chi connectivity index (χ1) is 16.1. The summed E-state index contributed by atoms with van der Waals surface area (Å²) < 4.78 is 4.64. The molecular weight excluding hydrogens is 525 g/mol. The molecule has 0 amide bonds. The predicted molar refractivity (Wildman–Crippen MR) is 133 cm³/mol. The lowest BCUT2D eigenvalue weighted by Gasteiger charge is -2.11. The second-order valence-electron chi connectivity index (χ2n) is 7.58. The summed E-state index contributed by atoms with van der Waals surface area (Å²) in [6.07, 6.45) is 3.56. The van der Waals surface area contributed by atoms with E-state index < -0.39 is 0 Å². The lowest BCUT2D eigenvalue weighted by atomic mass is 10.1. The van der Waals surface area contributed by atoms with Crippen LogP contribution in [0.25, 0.3) is 38.9 Å². The summed E-state index contributed by atoms with van der Waals surface area (Å²) in [5.74, 6) is 0. The fraction of sp³-hybridized carbons (Fsp3) is 0.0435. The molecule has 0 atom stereocenters. The smallest absolute Gasteiger partial charge is 0.132 e. The Morgan fingerprint density at radius 1 is 1.00 bits per heavy atom. The highest BCUT2D eigenvalue weighted by Gasteiger charge is 2.16. The van der Waals surface area contributed by atoms with Crippen molar-refractivity contribution in [3.05, 3.63) is 87.1 Å². The molecule has 0 unspecified atom stereocenters. The Labute approximate surface area is 206 Å². The van der Waals surface area contributed by atoms with Gasteiger partial charge in [-0.25, -0.2) is 4.68 Å². The standard InChI is InChI=1S/C23H14BrCl2N7/c24-18-9-16(25)3-1-14(18)12-32-21(5-6-28-32)15-7-19(26)23-22(8-15)33(31-30-23)17-4-2-13-11-27-29-20(13)10-17/h1-11H,12H2,(H,27,29). The van der Waals surface area contributed by atoms with Gasteiger partial charge >= 0.3 is 0 Å². The van der Waals surface area contributed by atoms with Crippen molar-refractivity contribution in [2.24, 2.45) is 0 Å². The van der Waals surface area contributed by atoms with Gasteiger partial charge in [0.2, 0.25) is 0 Å². The second kappa shape index (κ2) is 7.98. The van der Waals surface area contributed by atoms with Gasteiger partial charge in [-0.2, -0.15) is 10.2 Å². The molecule has 7 nitrogen and oxygen atoms in total. The zero-order valence-corrected chi connectivity index (χ0v) is 20.0. The molecule has 3 aromatic heterocycles. The molecule has 3 aromatic carbocycles. The predicted octanol–water partition coefficient (Wildman–Crippen LogP) is 6.28. The van der Waals surface area contributed by atoms with Crippen LogP contribution in [0, 0.1) is 0 Å². The molecule has 0 bridgehead atoms. The molecule has 6 aromatic rings. The van der Waals surface area contributed by atoms with Crippen LogP contribution in [0.1, 0.15) is 5.56 Å². The third kappa shape index (κ3) is 3.60. The number of nitrogens with one attached hydrogen (secondary N) is 1. The zero-order chi connectivity index (χ0) is 22.5. The minimum atomic E-state index is 0.525. The number of benzene rings is 3. The van der Waals surface area contributed by atoms with E-state index in [-0.39, 0.29) is 0 Å². The number of hydrogen-bond donors (Lipinski definition) is 1. The average Bonchev–Trinajstić information content (AvgIpc) is 3.54. The van der Waals surface area contributed by atoms with Crippen LogP contribution >= 0.6 is 39.1 Å². The van der Waals surface area contributed by atoms with Crippen molar-refractivity contribution < 1.29 is 0 Å². The fourth-order valence-electron chi connectivity index (χ4n) is 3.89. The molecule has 0 radical (unpaired) electrons. The SMILES string of the molecule is Clc1ccc(Cn2nccc2-c2cc(Cl)c3nnn(-c4ccc5cn[nH]c5c4)c3c2)c(Br)c1. The van der Waals surface area contributed by atoms with Gasteiger partial charge in [0.05, 0.1) is 40.2 Å². The van der Waals surface area contributed by atoms with Gasteiger partial charge in [0.25, 0.3) is 0 Å². The maximum Gasteiger partial charge on any atom is 0.132 e. The topological polar surface area (TPSA) is 77.2 Å². The van der Waals surface area contributed by atoms with Gasteiger partial charge in [0.15, 0.2) is 0 Å². The highest BCUT2D eigenvalue weighted by Crippen LogP contribution is 2.32. The van der Waals surface area contributed by atoms with Gasteiger partial charge in [0.1, 0.15) is 5.52 Å². The molecule has 0 aliphatic rings. The summed E-state index contributed by atoms with van der Waals surface area (Å²) >= 11 is 16.3. The maximum atomic E-state index is 6.63. The minimum Gasteiger partial charge on any atom is -0.278 e. The molecule has 33 heavy (non-hydrogen) atoms. The Morgan fingerprint density at radius 3 is 2.79 bits per heavy atom. The van der Waals surface area contributed by atoms with Crippen molar-refractivity contribution in [1.82, 2.24) is 35.0 Å². The fourth-order valence-corrected chi connectivity index (χ4v) is 4.95. The molecule has 0 saturated heterocycles. The first-order valence-corrected chi connectivity index (χ1v) is 11.6. The first-order valence-electron chi connectivity index (χ1n) is 10.0. The number of H-pyrrole nitrogens is 1. The number of aromatic nitrogens is 7. The zero-order valence-electron chi connectivity index (χ0n) is 16.9. The third-order valence-electron chi connectivity index (χ3n) is 5.52. The van der Waals surface area contributed by atoms with E-state index in [0.29, 0.717) is 22.1 Å². The highest BCUT2D eigenvalue weighted by atomic mass is 79.9. The minimum absolute atomic E-state index is 0.525. The lowest BCUT2D eigenvalue weighted by molar-refractivity contribution is 0.692. The second-order valence-corrected chi connectivity index (χ2v) is 9.28. The summed E-state index contributed by atoms with van der Waals surface area (Å²) in [6.45, 7) is 0.573. The Bertz CT molecular complexity index is 1650. The monoisotopic (exact) mass is 537 g/mol. The normalized spacial score (nSPS) is 11.6. The van der Waals surface area contributed by atoms with Crippen molar-refractivity contribution in [2.45, 2.75) is 6.54 Å². The van der Waals surface area contributed by atoms with E-state index >= 15 is 0 Å². The molecule has 3 heterocycles. The number of aromatic amines is 1. The van der Waals surface area contributed by atoms with Gasteiger partial charge in [-0.1, -0.05) is 50.4 Å². The van der Waals surface area contributed by atoms with Crippen LogP contribution in [-0.2, 0) is 6.54 Å². The van der Waals surface area contributed by atoms with Gasteiger partial charge in [-0.15, -0.1) is 5.10 Å². The highest BCUT2D eigenvalue weighted by molar-refractivity contribution is 9.10. The van der Waals surface area contributed by atoms with E-state index in [0.717, 1.165) is 43.4 Å². The van der Waals surface area contributed by atoms with E-state index in [1.165, 1.54) is 0 Å². The maximum absolute atomic E-state index is 6.63. The van der Waals surface area contributed by atoms with Crippen molar-refractivity contribution in [3.8, 4) is 16.9 Å². The average molecular weight is 539 g/mol. The Morgan fingerprint density at radius 2 is 1.91 bits per heavy atom. The van der Waals surface area contributed by atoms with E-state index in [1.54, 1.807) is 17.1 Å². The van der Waals surface area contributed by atoms with Crippen LogP contribution in [0.15, 0.2) is 71.5 Å². The lowest BCUT2D eigenvalue weighted by Crippen LogP contribution is -2.04. The summed E-state index contributed by atoms with van der Waals surface area (Å²) in [7, 11) is 0. The number of rotatable bonds is 4. The molecule has 0 saturated carbocycles. The van der Waals surface area contributed by atoms with E-state index in [1.807, 2.05) is 59.3 Å². The number of halogens is 3. The van der Waals surface area contributed by atoms with Gasteiger partial charge in [-0.05, 0) is 54.1 Å². The quantitative estimate of drug-likeness (QED) is 0.286. The molecule has 10 heteroatoms. The van der Waals surface area contributed by atoms with Gasteiger partial charge < -0.3 is 0 Å². The number of nitrogens with zero attached hydrogens (tertiary/aromatic N) is 6. The Balaban J connectivity index is 1.45. The van der Waals surface area contributed by atoms with Crippen LogP contribution in [-0.4, -0.2) is 35.0 Å².